The molecule has 2 heterocycles. The molecular weight excluding hydrogens is 330 g/mol. The standard InChI is InChI=1S/C15H17N5O5/c21-13-11(14(22)19-6-4-16-5-7-19)12(17-15(23)18-13)9-2-1-3-10(8-9)20(24)25/h1-3,8,12,16,22H,4-7H2,(H2,17,18,21,23)/b14-11+. The number of non-ortho nitro benzene ring substituents is 1. The molecule has 1 unspecified atom stereocenters. The molecule has 10 nitrogen and oxygen atoms in total. The Hall–Kier alpha value is -3.14. The van der Waals surface area contributed by atoms with Gasteiger partial charge in [-0.2, -0.15) is 0 Å². The minimum atomic E-state index is -0.976. The van der Waals surface area contributed by atoms with Crippen LogP contribution in [0.2, 0.25) is 0 Å². The third kappa shape index (κ3) is 3.38. The minimum Gasteiger partial charge on any atom is -0.494 e. The molecule has 0 aromatic heterocycles. The van der Waals surface area contributed by atoms with Crippen molar-refractivity contribution in [2.75, 3.05) is 26.2 Å². The van der Waals surface area contributed by atoms with E-state index in [0.717, 1.165) is 0 Å². The fraction of sp³-hybridized carbons (Fsp3) is 0.333. The molecule has 0 spiro atoms. The van der Waals surface area contributed by atoms with Gasteiger partial charge in [-0.25, -0.2) is 4.79 Å². The van der Waals surface area contributed by atoms with Crippen LogP contribution in [0.3, 0.4) is 0 Å². The monoisotopic (exact) mass is 347 g/mol. The van der Waals surface area contributed by atoms with E-state index < -0.39 is 22.9 Å². The van der Waals surface area contributed by atoms with E-state index in [1.165, 1.54) is 18.2 Å². The summed E-state index contributed by atoms with van der Waals surface area (Å²) in [4.78, 5) is 36.1. The topological polar surface area (TPSA) is 137 Å². The highest BCUT2D eigenvalue weighted by molar-refractivity contribution is 6.08. The van der Waals surface area contributed by atoms with Gasteiger partial charge < -0.3 is 20.6 Å². The number of hydrogen-bond donors (Lipinski definition) is 4. The number of amides is 3. The lowest BCUT2D eigenvalue weighted by atomic mass is 9.96. The number of nitrogens with zero attached hydrogens (tertiary/aromatic N) is 2. The first-order valence-corrected chi connectivity index (χ1v) is 7.72. The number of benzene rings is 1. The number of nitrogens with one attached hydrogen (secondary N) is 3. The van der Waals surface area contributed by atoms with Gasteiger partial charge in [-0.3, -0.25) is 20.2 Å². The van der Waals surface area contributed by atoms with Crippen LogP contribution < -0.4 is 16.0 Å². The van der Waals surface area contributed by atoms with Gasteiger partial charge in [0.2, 0.25) is 0 Å². The van der Waals surface area contributed by atoms with E-state index in [2.05, 4.69) is 16.0 Å². The molecule has 2 aliphatic rings. The number of nitro benzene ring substituents is 1. The third-order valence-corrected chi connectivity index (χ3v) is 4.11. The predicted molar refractivity (Wildman–Crippen MR) is 86.6 cm³/mol. The Morgan fingerprint density at radius 1 is 1.28 bits per heavy atom. The molecule has 0 aliphatic carbocycles. The fourth-order valence-electron chi connectivity index (χ4n) is 2.89. The molecule has 4 N–H and O–H groups in total. The number of aliphatic hydroxyl groups excluding tert-OH is 1. The second-order valence-corrected chi connectivity index (χ2v) is 5.69. The zero-order valence-electron chi connectivity index (χ0n) is 13.2. The van der Waals surface area contributed by atoms with Gasteiger partial charge in [0.15, 0.2) is 5.88 Å². The molecule has 10 heteroatoms. The normalized spacial score (nSPS) is 22.9. The van der Waals surface area contributed by atoms with Gasteiger partial charge in [0.1, 0.15) is 5.57 Å². The molecule has 0 bridgehead atoms. The molecule has 2 aliphatic heterocycles. The Bertz CT molecular complexity index is 756. The second kappa shape index (κ2) is 6.77. The molecule has 3 rings (SSSR count). The number of rotatable bonds is 3. The van der Waals surface area contributed by atoms with Gasteiger partial charge in [-0.05, 0) is 5.56 Å². The van der Waals surface area contributed by atoms with E-state index in [1.807, 2.05) is 0 Å². The summed E-state index contributed by atoms with van der Waals surface area (Å²) in [6.07, 6.45) is 0. The van der Waals surface area contributed by atoms with Crippen molar-refractivity contribution in [1.29, 1.82) is 0 Å². The predicted octanol–water partition coefficient (Wildman–Crippen LogP) is 0.150. The molecule has 25 heavy (non-hydrogen) atoms. The van der Waals surface area contributed by atoms with Crippen molar-refractivity contribution in [3.63, 3.8) is 0 Å². The van der Waals surface area contributed by atoms with Crippen LogP contribution in [0, 0.1) is 10.1 Å². The highest BCUT2D eigenvalue weighted by atomic mass is 16.6. The molecule has 1 atom stereocenters. The number of carbonyl (C=O) groups excluding carboxylic acids is 2. The number of nitro groups is 1. The van der Waals surface area contributed by atoms with E-state index >= 15 is 0 Å². The first-order chi connectivity index (χ1) is 12.0. The Morgan fingerprint density at radius 3 is 2.68 bits per heavy atom. The van der Waals surface area contributed by atoms with Crippen LogP contribution in [0.4, 0.5) is 10.5 Å². The number of piperazine rings is 1. The summed E-state index contributed by atoms with van der Waals surface area (Å²) in [5.41, 5.74) is 0.134. The van der Waals surface area contributed by atoms with Gasteiger partial charge in [-0.1, -0.05) is 12.1 Å². The van der Waals surface area contributed by atoms with E-state index in [0.29, 0.717) is 31.7 Å². The summed E-state index contributed by atoms with van der Waals surface area (Å²) < 4.78 is 0. The minimum absolute atomic E-state index is 0.0398. The fourth-order valence-corrected chi connectivity index (χ4v) is 2.89. The van der Waals surface area contributed by atoms with Crippen LogP contribution in [0.25, 0.3) is 0 Å². The molecular formula is C15H17N5O5. The van der Waals surface area contributed by atoms with Gasteiger partial charge in [0.25, 0.3) is 11.6 Å². The SMILES string of the molecule is O=C1NC(=O)/C(=C(/O)N2CCNCC2)C(c2cccc([N+](=O)[O-])c2)N1. The molecule has 132 valence electrons. The molecule has 1 aromatic rings. The summed E-state index contributed by atoms with van der Waals surface area (Å²) in [7, 11) is 0. The Kier molecular flexibility index (Phi) is 4.52. The third-order valence-electron chi connectivity index (χ3n) is 4.11. The number of imide groups is 1. The lowest BCUT2D eigenvalue weighted by Gasteiger charge is -2.33. The Balaban J connectivity index is 2.03. The van der Waals surface area contributed by atoms with Crippen molar-refractivity contribution < 1.29 is 19.6 Å². The van der Waals surface area contributed by atoms with Gasteiger partial charge in [-0.15, -0.1) is 0 Å². The van der Waals surface area contributed by atoms with E-state index in [4.69, 9.17) is 0 Å². The molecule has 1 aromatic carbocycles. The molecule has 0 saturated carbocycles. The number of aliphatic hydroxyl groups is 1. The van der Waals surface area contributed by atoms with Gasteiger partial charge in [0.05, 0.1) is 11.0 Å². The van der Waals surface area contributed by atoms with Crippen LogP contribution in [-0.4, -0.2) is 53.0 Å². The zero-order chi connectivity index (χ0) is 18.0. The van der Waals surface area contributed by atoms with Crippen molar-refractivity contribution in [2.24, 2.45) is 0 Å². The van der Waals surface area contributed by atoms with Crippen LogP contribution in [0.5, 0.6) is 0 Å². The molecule has 0 radical (unpaired) electrons. The van der Waals surface area contributed by atoms with Crippen LogP contribution in [0.15, 0.2) is 35.7 Å². The maximum atomic E-state index is 12.3. The molecule has 2 fully saturated rings. The van der Waals surface area contributed by atoms with Crippen molar-refractivity contribution in [1.82, 2.24) is 20.9 Å². The second-order valence-electron chi connectivity index (χ2n) is 5.69. The first-order valence-electron chi connectivity index (χ1n) is 7.72. The van der Waals surface area contributed by atoms with Gasteiger partial charge >= 0.3 is 6.03 Å². The summed E-state index contributed by atoms with van der Waals surface area (Å²) >= 11 is 0. The van der Waals surface area contributed by atoms with Crippen molar-refractivity contribution in [2.45, 2.75) is 6.04 Å². The smallest absolute Gasteiger partial charge is 0.322 e. The Morgan fingerprint density at radius 2 is 2.00 bits per heavy atom. The highest BCUT2D eigenvalue weighted by Crippen LogP contribution is 2.29. The lowest BCUT2D eigenvalue weighted by molar-refractivity contribution is -0.384. The lowest BCUT2D eigenvalue weighted by Crippen LogP contribution is -2.52. The van der Waals surface area contributed by atoms with Crippen LogP contribution >= 0.6 is 0 Å². The van der Waals surface area contributed by atoms with Crippen LogP contribution in [-0.2, 0) is 4.79 Å². The number of hydrogen-bond acceptors (Lipinski definition) is 7. The van der Waals surface area contributed by atoms with Crippen molar-refractivity contribution >= 4 is 17.6 Å². The van der Waals surface area contributed by atoms with Crippen molar-refractivity contribution in [3.8, 4) is 0 Å². The summed E-state index contributed by atoms with van der Waals surface area (Å²) in [5, 5.41) is 29.4. The molecule has 3 amide bonds. The number of carbonyl (C=O) groups is 2. The van der Waals surface area contributed by atoms with E-state index in [-0.39, 0.29) is 17.1 Å². The van der Waals surface area contributed by atoms with E-state index in [1.54, 1.807) is 11.0 Å². The maximum absolute atomic E-state index is 12.3. The molecule has 2 saturated heterocycles. The largest absolute Gasteiger partial charge is 0.494 e. The average Bonchev–Trinajstić information content (AvgIpc) is 2.61. The average molecular weight is 347 g/mol. The van der Waals surface area contributed by atoms with E-state index in [9.17, 15) is 24.8 Å². The summed E-state index contributed by atoms with van der Waals surface area (Å²) in [5.74, 6) is -0.966. The van der Waals surface area contributed by atoms with Gasteiger partial charge in [0, 0.05) is 38.3 Å². The quantitative estimate of drug-likeness (QED) is 0.264. The maximum Gasteiger partial charge on any atom is 0.322 e. The Labute approximate surface area is 142 Å². The van der Waals surface area contributed by atoms with Crippen molar-refractivity contribution in [3.05, 3.63) is 51.4 Å². The zero-order valence-corrected chi connectivity index (χ0v) is 13.2. The summed E-state index contributed by atoms with van der Waals surface area (Å²) in [6, 6.07) is 3.91. The summed E-state index contributed by atoms with van der Waals surface area (Å²) in [6.45, 7) is 2.29. The van der Waals surface area contributed by atoms with Crippen LogP contribution in [0.1, 0.15) is 11.6 Å². The number of urea groups is 1. The first kappa shape index (κ1) is 16.7. The highest BCUT2D eigenvalue weighted by Gasteiger charge is 2.36.